The number of rotatable bonds is 3. The number of hydrogen-bond donors (Lipinski definition) is 2. The Labute approximate surface area is 120 Å². The quantitative estimate of drug-likeness (QED) is 0.764. The average Bonchev–Trinajstić information content (AvgIpc) is 2.81. The highest BCUT2D eigenvalue weighted by Crippen LogP contribution is 2.23. The van der Waals surface area contributed by atoms with Crippen LogP contribution in [0.25, 0.3) is 11.0 Å². The summed E-state index contributed by atoms with van der Waals surface area (Å²) in [5.74, 6) is -0.300. The number of hydrogen-bond acceptors (Lipinski definition) is 5. The first-order valence-corrected chi connectivity index (χ1v) is 6.30. The molecule has 0 aliphatic carbocycles. The number of nitrogens with zero attached hydrogens (tertiary/aromatic N) is 4. The van der Waals surface area contributed by atoms with Crippen LogP contribution in [0, 0.1) is 6.92 Å². The minimum absolute atomic E-state index is 0.287. The molecule has 0 bridgehead atoms. The summed E-state index contributed by atoms with van der Waals surface area (Å²) in [6.45, 7) is 1.76. The van der Waals surface area contributed by atoms with Gasteiger partial charge in [-0.15, -0.1) is 0 Å². The maximum Gasteiger partial charge on any atom is 0.335 e. The highest BCUT2D eigenvalue weighted by molar-refractivity contribution is 5.91. The van der Waals surface area contributed by atoms with E-state index < -0.39 is 5.97 Å². The van der Waals surface area contributed by atoms with E-state index in [1.165, 1.54) is 6.33 Å². The van der Waals surface area contributed by atoms with Crippen LogP contribution in [-0.2, 0) is 7.05 Å². The predicted octanol–water partition coefficient (Wildman–Crippen LogP) is 2.11. The van der Waals surface area contributed by atoms with Crippen LogP contribution < -0.4 is 5.32 Å². The van der Waals surface area contributed by atoms with Gasteiger partial charge in [-0.2, -0.15) is 5.10 Å². The van der Waals surface area contributed by atoms with Gasteiger partial charge in [0.1, 0.15) is 12.1 Å². The Balaban J connectivity index is 1.99. The van der Waals surface area contributed by atoms with E-state index in [1.54, 1.807) is 36.0 Å². The molecule has 7 nitrogen and oxygen atoms in total. The molecule has 0 aliphatic rings. The fourth-order valence-corrected chi connectivity index (χ4v) is 2.18. The molecule has 1 aromatic carbocycles. The molecule has 0 atom stereocenters. The van der Waals surface area contributed by atoms with E-state index in [1.807, 2.05) is 7.05 Å². The summed E-state index contributed by atoms with van der Waals surface area (Å²) < 4.78 is 1.67. The highest BCUT2D eigenvalue weighted by Gasteiger charge is 2.10. The van der Waals surface area contributed by atoms with Gasteiger partial charge in [-0.05, 0) is 30.7 Å². The summed E-state index contributed by atoms with van der Waals surface area (Å²) in [5.41, 5.74) is 2.46. The van der Waals surface area contributed by atoms with E-state index >= 15 is 0 Å². The molecule has 0 saturated carbocycles. The molecule has 0 spiro atoms. The van der Waals surface area contributed by atoms with Gasteiger partial charge in [-0.3, -0.25) is 4.68 Å². The van der Waals surface area contributed by atoms with Crippen molar-refractivity contribution in [1.29, 1.82) is 0 Å². The van der Waals surface area contributed by atoms with Crippen molar-refractivity contribution in [2.24, 2.45) is 7.05 Å². The SMILES string of the molecule is Cc1cc(Nc2ncnc3c2cnn3C)ccc1C(=O)O. The molecule has 0 saturated heterocycles. The molecule has 3 rings (SSSR count). The molecule has 0 unspecified atom stereocenters. The van der Waals surface area contributed by atoms with Crippen LogP contribution in [0.1, 0.15) is 15.9 Å². The topological polar surface area (TPSA) is 92.9 Å². The number of aromatic nitrogens is 4. The Morgan fingerprint density at radius 1 is 1.33 bits per heavy atom. The number of nitrogens with one attached hydrogen (secondary N) is 1. The molecule has 0 aliphatic heterocycles. The Morgan fingerprint density at radius 3 is 2.86 bits per heavy atom. The maximum atomic E-state index is 11.0. The first-order chi connectivity index (χ1) is 10.1. The molecular formula is C14H13N5O2. The van der Waals surface area contributed by atoms with E-state index in [9.17, 15) is 4.79 Å². The van der Waals surface area contributed by atoms with Gasteiger partial charge in [0, 0.05) is 12.7 Å². The first kappa shape index (κ1) is 13.0. The zero-order valence-electron chi connectivity index (χ0n) is 11.5. The second-order valence-electron chi connectivity index (χ2n) is 4.69. The van der Waals surface area contributed by atoms with E-state index in [0.717, 1.165) is 16.7 Å². The molecule has 3 aromatic rings. The summed E-state index contributed by atoms with van der Waals surface area (Å²) in [5, 5.41) is 17.2. The zero-order valence-corrected chi connectivity index (χ0v) is 11.5. The lowest BCUT2D eigenvalue weighted by molar-refractivity contribution is 0.0696. The molecular weight excluding hydrogens is 270 g/mol. The fourth-order valence-electron chi connectivity index (χ4n) is 2.18. The van der Waals surface area contributed by atoms with Crippen molar-refractivity contribution in [3.8, 4) is 0 Å². The number of anilines is 2. The number of carbonyl (C=O) groups is 1. The van der Waals surface area contributed by atoms with Gasteiger partial charge in [0.2, 0.25) is 0 Å². The highest BCUT2D eigenvalue weighted by atomic mass is 16.4. The van der Waals surface area contributed by atoms with Crippen molar-refractivity contribution >= 4 is 28.5 Å². The third-order valence-electron chi connectivity index (χ3n) is 3.25. The van der Waals surface area contributed by atoms with Crippen LogP contribution in [0.5, 0.6) is 0 Å². The number of carboxylic acid groups (broad SMARTS) is 1. The first-order valence-electron chi connectivity index (χ1n) is 6.30. The second-order valence-corrected chi connectivity index (χ2v) is 4.69. The Bertz CT molecular complexity index is 840. The van der Waals surface area contributed by atoms with Gasteiger partial charge in [0.15, 0.2) is 5.65 Å². The monoisotopic (exact) mass is 283 g/mol. The Kier molecular flexibility index (Phi) is 3.02. The van der Waals surface area contributed by atoms with Gasteiger partial charge in [-0.25, -0.2) is 14.8 Å². The van der Waals surface area contributed by atoms with Crippen molar-refractivity contribution in [2.75, 3.05) is 5.32 Å². The zero-order chi connectivity index (χ0) is 15.0. The van der Waals surface area contributed by atoms with Crippen LogP contribution in [0.3, 0.4) is 0 Å². The Morgan fingerprint density at radius 2 is 2.14 bits per heavy atom. The molecule has 0 amide bonds. The molecule has 21 heavy (non-hydrogen) atoms. The van der Waals surface area contributed by atoms with E-state index in [2.05, 4.69) is 20.4 Å². The lowest BCUT2D eigenvalue weighted by atomic mass is 10.1. The smallest absolute Gasteiger partial charge is 0.335 e. The predicted molar refractivity (Wildman–Crippen MR) is 77.7 cm³/mol. The van der Waals surface area contributed by atoms with Gasteiger partial charge in [0.05, 0.1) is 17.1 Å². The number of aromatic carboxylic acids is 1. The van der Waals surface area contributed by atoms with Crippen molar-refractivity contribution in [3.63, 3.8) is 0 Å². The summed E-state index contributed by atoms with van der Waals surface area (Å²) in [4.78, 5) is 19.4. The summed E-state index contributed by atoms with van der Waals surface area (Å²) in [6.07, 6.45) is 3.15. The van der Waals surface area contributed by atoms with E-state index in [0.29, 0.717) is 11.4 Å². The van der Waals surface area contributed by atoms with Crippen molar-refractivity contribution in [2.45, 2.75) is 6.92 Å². The summed E-state index contributed by atoms with van der Waals surface area (Å²) in [7, 11) is 1.81. The molecule has 7 heteroatoms. The third kappa shape index (κ3) is 2.29. The van der Waals surface area contributed by atoms with E-state index in [-0.39, 0.29) is 5.56 Å². The second kappa shape index (κ2) is 4.86. The molecule has 0 radical (unpaired) electrons. The van der Waals surface area contributed by atoms with Crippen molar-refractivity contribution in [1.82, 2.24) is 19.7 Å². The van der Waals surface area contributed by atoms with Crippen LogP contribution >= 0.6 is 0 Å². The average molecular weight is 283 g/mol. The van der Waals surface area contributed by atoms with E-state index in [4.69, 9.17) is 5.11 Å². The molecule has 2 N–H and O–H groups in total. The molecule has 106 valence electrons. The molecule has 2 aromatic heterocycles. The normalized spacial score (nSPS) is 10.8. The lowest BCUT2D eigenvalue weighted by Crippen LogP contribution is -2.01. The van der Waals surface area contributed by atoms with Crippen molar-refractivity contribution < 1.29 is 9.90 Å². The fraction of sp³-hybridized carbons (Fsp3) is 0.143. The number of benzene rings is 1. The minimum Gasteiger partial charge on any atom is -0.478 e. The van der Waals surface area contributed by atoms with Crippen molar-refractivity contribution in [3.05, 3.63) is 41.9 Å². The lowest BCUT2D eigenvalue weighted by Gasteiger charge is -2.08. The largest absolute Gasteiger partial charge is 0.478 e. The van der Waals surface area contributed by atoms with Crippen LogP contribution in [0.15, 0.2) is 30.7 Å². The molecule has 0 fully saturated rings. The summed E-state index contributed by atoms with van der Waals surface area (Å²) in [6, 6.07) is 5.05. The van der Waals surface area contributed by atoms with Gasteiger partial charge in [-0.1, -0.05) is 0 Å². The van der Waals surface area contributed by atoms with Gasteiger partial charge < -0.3 is 10.4 Å². The third-order valence-corrected chi connectivity index (χ3v) is 3.25. The van der Waals surface area contributed by atoms with Crippen LogP contribution in [0.4, 0.5) is 11.5 Å². The number of aryl methyl sites for hydroxylation is 2. The summed E-state index contributed by atoms with van der Waals surface area (Å²) >= 11 is 0. The van der Waals surface area contributed by atoms with Gasteiger partial charge >= 0.3 is 5.97 Å². The number of fused-ring (bicyclic) bond motifs is 1. The van der Waals surface area contributed by atoms with Gasteiger partial charge in [0.25, 0.3) is 0 Å². The van der Waals surface area contributed by atoms with Crippen LogP contribution in [0.2, 0.25) is 0 Å². The maximum absolute atomic E-state index is 11.0. The Hall–Kier alpha value is -2.96. The van der Waals surface area contributed by atoms with Crippen LogP contribution in [-0.4, -0.2) is 30.8 Å². The minimum atomic E-state index is -0.935. The standard InChI is InChI=1S/C14H13N5O2/c1-8-5-9(3-4-10(8)14(20)21)18-12-11-6-17-19(2)13(11)16-7-15-12/h3-7H,1-2H3,(H,20,21)(H,15,16,18). The molecule has 2 heterocycles. The number of carboxylic acids is 1.